The van der Waals surface area contributed by atoms with Crippen molar-refractivity contribution in [3.8, 4) is 5.95 Å². The topological polar surface area (TPSA) is 107 Å². The lowest BCUT2D eigenvalue weighted by atomic mass is 10.0. The van der Waals surface area contributed by atoms with Crippen LogP contribution in [0.5, 0.6) is 0 Å². The Bertz CT molecular complexity index is 1260. The fourth-order valence-corrected chi connectivity index (χ4v) is 4.77. The van der Waals surface area contributed by atoms with Crippen LogP contribution in [0.25, 0.3) is 5.95 Å². The summed E-state index contributed by atoms with van der Waals surface area (Å²) in [5.41, 5.74) is 0.903. The van der Waals surface area contributed by atoms with Crippen LogP contribution >= 0.6 is 15.9 Å². The van der Waals surface area contributed by atoms with E-state index in [1.165, 1.54) is 6.26 Å². The Kier molecular flexibility index (Phi) is 6.91. The van der Waals surface area contributed by atoms with Crippen molar-refractivity contribution in [2.45, 2.75) is 30.7 Å². The molecule has 0 bridgehead atoms. The molecule has 11 heteroatoms. The molecule has 3 heterocycles. The second-order valence-corrected chi connectivity index (χ2v) is 10.7. The highest BCUT2D eigenvalue weighted by molar-refractivity contribution is 9.10. The summed E-state index contributed by atoms with van der Waals surface area (Å²) in [6.07, 6.45) is 7.14. The van der Waals surface area contributed by atoms with Gasteiger partial charge in [0.1, 0.15) is 17.7 Å². The Morgan fingerprint density at radius 3 is 2.67 bits per heavy atom. The second-order valence-electron chi connectivity index (χ2n) is 7.85. The van der Waals surface area contributed by atoms with Gasteiger partial charge in [0.15, 0.2) is 15.6 Å². The molecule has 2 aromatic heterocycles. The summed E-state index contributed by atoms with van der Waals surface area (Å²) < 4.78 is 31.4. The van der Waals surface area contributed by atoms with Crippen LogP contribution in [0.15, 0.2) is 52.2 Å². The van der Waals surface area contributed by atoms with Gasteiger partial charge >= 0.3 is 0 Å². The number of nitrogens with zero attached hydrogens (tertiary/aromatic N) is 5. The number of halogens is 1. The summed E-state index contributed by atoms with van der Waals surface area (Å²) in [5.74, 6) is 1.91. The first-order valence-electron chi connectivity index (χ1n) is 10.4. The number of sulfone groups is 1. The number of carbonyl (C=O) groups is 1. The SMILES string of the molecule is Cc1nccn1-c1ncc(Br)c(N2CCOCC2C(=O)CCc2ccc(S(C)(=O)=O)cc2)n1. The molecule has 33 heavy (non-hydrogen) atoms. The zero-order chi connectivity index (χ0) is 23.6. The van der Waals surface area contributed by atoms with Crippen molar-refractivity contribution < 1.29 is 17.9 Å². The lowest BCUT2D eigenvalue weighted by Gasteiger charge is -2.36. The Morgan fingerprint density at radius 1 is 1.24 bits per heavy atom. The minimum Gasteiger partial charge on any atom is -0.377 e. The van der Waals surface area contributed by atoms with Crippen LogP contribution in [-0.2, 0) is 25.8 Å². The molecule has 1 aromatic carbocycles. The molecule has 0 radical (unpaired) electrons. The lowest BCUT2D eigenvalue weighted by Crippen LogP contribution is -2.50. The Balaban J connectivity index is 1.52. The molecular weight excluding hydrogens is 510 g/mol. The third kappa shape index (κ3) is 5.31. The minimum absolute atomic E-state index is 0.0350. The van der Waals surface area contributed by atoms with Crippen molar-refractivity contribution in [2.24, 2.45) is 0 Å². The molecule has 1 saturated heterocycles. The zero-order valence-electron chi connectivity index (χ0n) is 18.3. The van der Waals surface area contributed by atoms with Gasteiger partial charge in [-0.05, 0) is 47.0 Å². The van der Waals surface area contributed by atoms with Gasteiger partial charge in [-0.1, -0.05) is 12.1 Å². The number of aryl methyl sites for hydroxylation is 2. The standard InChI is InChI=1S/C22H24BrN5O4S/c1-15-24-9-10-27(15)22-25-13-18(23)21(26-22)28-11-12-32-14-19(28)20(29)8-5-16-3-6-17(7-4-16)33(2,30)31/h3-4,6-7,9-10,13,19H,5,8,11-12,14H2,1-2H3. The molecule has 1 aliphatic heterocycles. The predicted molar refractivity (Wildman–Crippen MR) is 126 cm³/mol. The first-order chi connectivity index (χ1) is 15.7. The maximum absolute atomic E-state index is 13.2. The third-order valence-corrected chi connectivity index (χ3v) is 7.23. The van der Waals surface area contributed by atoms with Gasteiger partial charge in [0.2, 0.25) is 5.95 Å². The number of imidazole rings is 1. The number of carbonyl (C=O) groups excluding carboxylic acids is 1. The van der Waals surface area contributed by atoms with Crippen LogP contribution < -0.4 is 4.90 Å². The fourth-order valence-electron chi connectivity index (χ4n) is 3.72. The number of anilines is 1. The average Bonchev–Trinajstić information content (AvgIpc) is 3.23. The van der Waals surface area contributed by atoms with Gasteiger partial charge in [0, 0.05) is 37.8 Å². The van der Waals surface area contributed by atoms with Gasteiger partial charge < -0.3 is 9.64 Å². The summed E-state index contributed by atoms with van der Waals surface area (Å²) in [7, 11) is -3.24. The number of ether oxygens (including phenoxy) is 1. The lowest BCUT2D eigenvalue weighted by molar-refractivity contribution is -0.122. The molecule has 0 N–H and O–H groups in total. The number of benzene rings is 1. The van der Waals surface area contributed by atoms with E-state index in [9.17, 15) is 13.2 Å². The van der Waals surface area contributed by atoms with E-state index in [0.717, 1.165) is 11.4 Å². The Labute approximate surface area is 200 Å². The monoisotopic (exact) mass is 533 g/mol. The van der Waals surface area contributed by atoms with Crippen LogP contribution in [0.1, 0.15) is 17.8 Å². The summed E-state index contributed by atoms with van der Waals surface area (Å²) in [5, 5.41) is 0. The van der Waals surface area contributed by atoms with Gasteiger partial charge in [-0.3, -0.25) is 9.36 Å². The fraction of sp³-hybridized carbons (Fsp3) is 0.364. The molecule has 1 fully saturated rings. The van der Waals surface area contributed by atoms with Crippen LogP contribution in [-0.4, -0.2) is 65.8 Å². The first kappa shape index (κ1) is 23.5. The maximum atomic E-state index is 13.2. The van der Waals surface area contributed by atoms with E-state index in [4.69, 9.17) is 9.72 Å². The average molecular weight is 534 g/mol. The number of hydrogen-bond acceptors (Lipinski definition) is 8. The largest absolute Gasteiger partial charge is 0.377 e. The van der Waals surface area contributed by atoms with Gasteiger partial charge in [-0.25, -0.2) is 18.4 Å². The van der Waals surface area contributed by atoms with Crippen molar-refractivity contribution in [3.63, 3.8) is 0 Å². The highest BCUT2D eigenvalue weighted by Crippen LogP contribution is 2.28. The van der Waals surface area contributed by atoms with Crippen molar-refractivity contribution in [1.29, 1.82) is 0 Å². The molecule has 1 atom stereocenters. The number of Topliss-reactive ketones (excluding diaryl/α,β-unsaturated/α-hetero) is 1. The summed E-state index contributed by atoms with van der Waals surface area (Å²) in [6.45, 7) is 3.17. The number of ketones is 1. The van der Waals surface area contributed by atoms with Crippen LogP contribution in [0, 0.1) is 6.92 Å². The molecule has 1 unspecified atom stereocenters. The molecule has 0 saturated carbocycles. The smallest absolute Gasteiger partial charge is 0.237 e. The quantitative estimate of drug-likeness (QED) is 0.455. The second kappa shape index (κ2) is 9.70. The van der Waals surface area contributed by atoms with E-state index in [0.29, 0.717) is 42.2 Å². The molecule has 9 nitrogen and oxygen atoms in total. The van der Waals surface area contributed by atoms with E-state index in [-0.39, 0.29) is 17.3 Å². The van der Waals surface area contributed by atoms with Crippen molar-refractivity contribution in [1.82, 2.24) is 19.5 Å². The van der Waals surface area contributed by atoms with Gasteiger partial charge in [-0.2, -0.15) is 4.98 Å². The first-order valence-corrected chi connectivity index (χ1v) is 13.1. The highest BCUT2D eigenvalue weighted by Gasteiger charge is 2.31. The highest BCUT2D eigenvalue weighted by atomic mass is 79.9. The number of rotatable bonds is 7. The Morgan fingerprint density at radius 2 is 2.00 bits per heavy atom. The third-order valence-electron chi connectivity index (χ3n) is 5.54. The van der Waals surface area contributed by atoms with Gasteiger partial charge in [0.25, 0.3) is 0 Å². The molecule has 174 valence electrons. The zero-order valence-corrected chi connectivity index (χ0v) is 20.7. The molecule has 0 amide bonds. The molecule has 1 aliphatic rings. The maximum Gasteiger partial charge on any atom is 0.237 e. The van der Waals surface area contributed by atoms with Crippen LogP contribution in [0.2, 0.25) is 0 Å². The normalized spacial score (nSPS) is 16.7. The summed E-state index contributed by atoms with van der Waals surface area (Å²) in [4.78, 5) is 28.7. The van der Waals surface area contributed by atoms with Crippen LogP contribution in [0.3, 0.4) is 0 Å². The number of aromatic nitrogens is 4. The molecule has 0 aliphatic carbocycles. The van der Waals surface area contributed by atoms with E-state index in [1.54, 1.807) is 47.4 Å². The number of hydrogen-bond donors (Lipinski definition) is 0. The predicted octanol–water partition coefficient (Wildman–Crippen LogP) is 2.54. The Hall–Kier alpha value is -2.63. The van der Waals surface area contributed by atoms with E-state index < -0.39 is 15.9 Å². The summed E-state index contributed by atoms with van der Waals surface area (Å²) >= 11 is 3.53. The van der Waals surface area contributed by atoms with Gasteiger partial charge in [0.05, 0.1) is 22.6 Å². The minimum atomic E-state index is -3.24. The van der Waals surface area contributed by atoms with Gasteiger partial charge in [-0.15, -0.1) is 0 Å². The number of morpholine rings is 1. The van der Waals surface area contributed by atoms with Crippen LogP contribution in [0.4, 0.5) is 5.82 Å². The molecule has 3 aromatic rings. The van der Waals surface area contributed by atoms with Crippen molar-refractivity contribution in [3.05, 3.63) is 58.7 Å². The van der Waals surface area contributed by atoms with E-state index in [1.807, 2.05) is 11.8 Å². The molecule has 0 spiro atoms. The molecule has 4 rings (SSSR count). The van der Waals surface area contributed by atoms with Crippen molar-refractivity contribution >= 4 is 37.4 Å². The van der Waals surface area contributed by atoms with E-state index in [2.05, 4.69) is 25.9 Å². The van der Waals surface area contributed by atoms with E-state index >= 15 is 0 Å². The molecular formula is C22H24BrN5O4S. The van der Waals surface area contributed by atoms with Crippen molar-refractivity contribution in [2.75, 3.05) is 30.9 Å². The summed E-state index contributed by atoms with van der Waals surface area (Å²) in [6, 6.07) is 6.17.